The second-order valence-corrected chi connectivity index (χ2v) is 6.54. The van der Waals surface area contributed by atoms with Gasteiger partial charge in [0.15, 0.2) is 0 Å². The summed E-state index contributed by atoms with van der Waals surface area (Å²) in [5, 5.41) is 2.79. The van der Waals surface area contributed by atoms with Crippen molar-refractivity contribution in [3.05, 3.63) is 0 Å². The van der Waals surface area contributed by atoms with Crippen LogP contribution in [0.3, 0.4) is 0 Å². The Kier molecular flexibility index (Phi) is 3.71. The van der Waals surface area contributed by atoms with Crippen LogP contribution in [0.2, 0.25) is 0 Å². The SMILES string of the molecule is CS(=O)(=O)O[C@H]1CNC[C@@H]1OS(C)(=O)=O. The molecule has 9 heteroatoms. The van der Waals surface area contributed by atoms with Gasteiger partial charge in [-0.2, -0.15) is 16.8 Å². The molecule has 0 unspecified atom stereocenters. The highest BCUT2D eigenvalue weighted by Crippen LogP contribution is 2.13. The van der Waals surface area contributed by atoms with Crippen LogP contribution >= 0.6 is 0 Å². The molecule has 1 rings (SSSR count). The predicted molar refractivity (Wildman–Crippen MR) is 52.3 cm³/mol. The van der Waals surface area contributed by atoms with Gasteiger partial charge in [-0.15, -0.1) is 0 Å². The maximum atomic E-state index is 10.8. The molecular weight excluding hydrogens is 246 g/mol. The van der Waals surface area contributed by atoms with Crippen LogP contribution in [0, 0.1) is 0 Å². The van der Waals surface area contributed by atoms with Crippen LogP contribution in [-0.2, 0) is 28.6 Å². The topological polar surface area (TPSA) is 98.8 Å². The average Bonchev–Trinajstić information content (AvgIpc) is 2.29. The van der Waals surface area contributed by atoms with E-state index in [-0.39, 0.29) is 13.1 Å². The lowest BCUT2D eigenvalue weighted by atomic mass is 10.3. The van der Waals surface area contributed by atoms with Crippen molar-refractivity contribution < 1.29 is 25.2 Å². The zero-order chi connectivity index (χ0) is 11.7. The van der Waals surface area contributed by atoms with Gasteiger partial charge in [-0.25, -0.2) is 0 Å². The average molecular weight is 259 g/mol. The maximum absolute atomic E-state index is 10.8. The van der Waals surface area contributed by atoms with Crippen molar-refractivity contribution in [1.29, 1.82) is 0 Å². The third-order valence-electron chi connectivity index (χ3n) is 1.70. The van der Waals surface area contributed by atoms with Crippen LogP contribution in [-0.4, -0.2) is 54.6 Å². The van der Waals surface area contributed by atoms with Crippen molar-refractivity contribution >= 4 is 20.2 Å². The van der Waals surface area contributed by atoms with Gasteiger partial charge < -0.3 is 5.32 Å². The molecule has 1 N–H and O–H groups in total. The lowest BCUT2D eigenvalue weighted by Crippen LogP contribution is -2.33. The minimum Gasteiger partial charge on any atom is -0.311 e. The normalized spacial score (nSPS) is 28.1. The van der Waals surface area contributed by atoms with Gasteiger partial charge in [0.25, 0.3) is 20.2 Å². The monoisotopic (exact) mass is 259 g/mol. The summed E-state index contributed by atoms with van der Waals surface area (Å²) in [5.41, 5.74) is 0. The summed E-state index contributed by atoms with van der Waals surface area (Å²) in [4.78, 5) is 0. The molecule has 0 aromatic carbocycles. The minimum atomic E-state index is -3.61. The summed E-state index contributed by atoms with van der Waals surface area (Å²) in [5.74, 6) is 0. The van der Waals surface area contributed by atoms with Crippen LogP contribution in [0.1, 0.15) is 0 Å². The van der Waals surface area contributed by atoms with E-state index in [0.29, 0.717) is 0 Å². The van der Waals surface area contributed by atoms with Crippen LogP contribution in [0.4, 0.5) is 0 Å². The van der Waals surface area contributed by atoms with E-state index in [1.807, 2.05) is 0 Å². The highest BCUT2D eigenvalue weighted by atomic mass is 32.2. The first-order valence-corrected chi connectivity index (χ1v) is 7.78. The molecule has 0 amide bonds. The smallest absolute Gasteiger partial charge is 0.264 e. The molecule has 1 aliphatic rings. The van der Waals surface area contributed by atoms with Gasteiger partial charge in [-0.05, 0) is 0 Å². The quantitative estimate of drug-likeness (QED) is 0.599. The van der Waals surface area contributed by atoms with E-state index < -0.39 is 32.4 Å². The van der Waals surface area contributed by atoms with Crippen LogP contribution in [0.15, 0.2) is 0 Å². The number of nitrogens with one attached hydrogen (secondary N) is 1. The molecular formula is C6H13NO6S2. The summed E-state index contributed by atoms with van der Waals surface area (Å²) in [6, 6.07) is 0. The zero-order valence-corrected chi connectivity index (χ0v) is 9.97. The Labute approximate surface area is 89.0 Å². The zero-order valence-electron chi connectivity index (χ0n) is 8.33. The molecule has 0 radical (unpaired) electrons. The third-order valence-corrected chi connectivity index (χ3v) is 2.90. The van der Waals surface area contributed by atoms with E-state index in [2.05, 4.69) is 13.7 Å². The fourth-order valence-electron chi connectivity index (χ4n) is 1.27. The van der Waals surface area contributed by atoms with Gasteiger partial charge in [-0.3, -0.25) is 8.37 Å². The van der Waals surface area contributed by atoms with E-state index >= 15 is 0 Å². The van der Waals surface area contributed by atoms with Gasteiger partial charge in [0.05, 0.1) is 12.5 Å². The van der Waals surface area contributed by atoms with E-state index in [4.69, 9.17) is 0 Å². The first kappa shape index (κ1) is 12.8. The fraction of sp³-hybridized carbons (Fsp3) is 1.00. The molecule has 1 heterocycles. The Morgan fingerprint density at radius 1 is 0.933 bits per heavy atom. The molecule has 0 aromatic heterocycles. The molecule has 90 valence electrons. The van der Waals surface area contributed by atoms with E-state index in [1.54, 1.807) is 0 Å². The molecule has 0 spiro atoms. The second-order valence-electron chi connectivity index (χ2n) is 3.34. The third kappa shape index (κ3) is 4.89. The lowest BCUT2D eigenvalue weighted by Gasteiger charge is -2.16. The molecule has 2 atom stereocenters. The predicted octanol–water partition coefficient (Wildman–Crippen LogP) is -1.72. The van der Waals surface area contributed by atoms with E-state index in [0.717, 1.165) is 12.5 Å². The summed E-state index contributed by atoms with van der Waals surface area (Å²) >= 11 is 0. The van der Waals surface area contributed by atoms with Crippen LogP contribution in [0.25, 0.3) is 0 Å². The van der Waals surface area contributed by atoms with Crippen molar-refractivity contribution in [3.63, 3.8) is 0 Å². The van der Waals surface area contributed by atoms with Gasteiger partial charge in [-0.1, -0.05) is 0 Å². The van der Waals surface area contributed by atoms with E-state index in [1.165, 1.54) is 0 Å². The highest BCUT2D eigenvalue weighted by molar-refractivity contribution is 7.86. The van der Waals surface area contributed by atoms with Crippen molar-refractivity contribution in [2.24, 2.45) is 0 Å². The first-order valence-electron chi connectivity index (χ1n) is 4.14. The van der Waals surface area contributed by atoms with Crippen molar-refractivity contribution in [2.45, 2.75) is 12.2 Å². The Morgan fingerprint density at radius 2 is 1.27 bits per heavy atom. The molecule has 7 nitrogen and oxygen atoms in total. The summed E-state index contributed by atoms with van der Waals surface area (Å²) in [7, 11) is -7.22. The number of hydrogen-bond donors (Lipinski definition) is 1. The molecule has 1 aliphatic heterocycles. The van der Waals surface area contributed by atoms with Gasteiger partial charge >= 0.3 is 0 Å². The Morgan fingerprint density at radius 3 is 1.53 bits per heavy atom. The van der Waals surface area contributed by atoms with Gasteiger partial charge in [0, 0.05) is 13.1 Å². The maximum Gasteiger partial charge on any atom is 0.264 e. The molecule has 1 saturated heterocycles. The van der Waals surface area contributed by atoms with Crippen molar-refractivity contribution in [3.8, 4) is 0 Å². The Balaban J connectivity index is 2.66. The molecule has 1 fully saturated rings. The molecule has 0 aromatic rings. The summed E-state index contributed by atoms with van der Waals surface area (Å²) in [6.07, 6.45) is 0.218. The fourth-order valence-corrected chi connectivity index (χ4v) is 2.55. The lowest BCUT2D eigenvalue weighted by molar-refractivity contribution is 0.102. The molecule has 15 heavy (non-hydrogen) atoms. The van der Waals surface area contributed by atoms with E-state index in [9.17, 15) is 16.8 Å². The number of hydrogen-bond acceptors (Lipinski definition) is 7. The highest BCUT2D eigenvalue weighted by Gasteiger charge is 2.34. The van der Waals surface area contributed by atoms with Gasteiger partial charge in [0.1, 0.15) is 12.2 Å². The van der Waals surface area contributed by atoms with Crippen LogP contribution < -0.4 is 5.32 Å². The minimum absolute atomic E-state index is 0.243. The molecule has 0 aliphatic carbocycles. The van der Waals surface area contributed by atoms with Crippen molar-refractivity contribution in [1.82, 2.24) is 5.32 Å². The van der Waals surface area contributed by atoms with Gasteiger partial charge in [0.2, 0.25) is 0 Å². The standard InChI is InChI=1S/C6H13NO6S2/c1-14(8,9)12-5-3-7-4-6(5)13-15(2,10)11/h5-7H,3-4H2,1-2H3/t5-,6-/m0/s1. The Hall–Kier alpha value is -0.220. The number of rotatable bonds is 4. The Bertz CT molecular complexity index is 373. The molecule has 0 bridgehead atoms. The van der Waals surface area contributed by atoms with Crippen LogP contribution in [0.5, 0.6) is 0 Å². The summed E-state index contributed by atoms with van der Waals surface area (Å²) < 4.78 is 52.7. The molecule has 0 saturated carbocycles. The second kappa shape index (κ2) is 4.34. The summed E-state index contributed by atoms with van der Waals surface area (Å²) in [6.45, 7) is 0.487. The van der Waals surface area contributed by atoms with Crippen molar-refractivity contribution in [2.75, 3.05) is 25.6 Å². The first-order chi connectivity index (χ1) is 6.67. The largest absolute Gasteiger partial charge is 0.311 e.